The number of carbonyl (C=O) groups is 2. The van der Waals surface area contributed by atoms with Crippen LogP contribution in [0.5, 0.6) is 0 Å². The Morgan fingerprint density at radius 3 is 2.65 bits per heavy atom. The predicted molar refractivity (Wildman–Crippen MR) is 78.2 cm³/mol. The van der Waals surface area contributed by atoms with Crippen LogP contribution in [0.2, 0.25) is 0 Å². The van der Waals surface area contributed by atoms with E-state index < -0.39 is 5.97 Å². The maximum atomic E-state index is 12.4. The summed E-state index contributed by atoms with van der Waals surface area (Å²) in [6.45, 7) is 0. The summed E-state index contributed by atoms with van der Waals surface area (Å²) in [6, 6.07) is 4.72. The van der Waals surface area contributed by atoms with Crippen molar-refractivity contribution in [2.45, 2.75) is 30.6 Å². The minimum atomic E-state index is -1.12. The molecule has 0 unspecified atom stereocenters. The molecule has 1 aromatic rings. The van der Waals surface area contributed by atoms with Gasteiger partial charge in [-0.2, -0.15) is 11.8 Å². The summed E-state index contributed by atoms with van der Waals surface area (Å²) < 4.78 is 0. The number of amides is 1. The zero-order chi connectivity index (χ0) is 14.7. The van der Waals surface area contributed by atoms with E-state index in [1.807, 2.05) is 11.8 Å². The monoisotopic (exact) mass is 294 g/mol. The Morgan fingerprint density at radius 2 is 2.05 bits per heavy atom. The first-order valence-corrected chi connectivity index (χ1v) is 7.82. The van der Waals surface area contributed by atoms with E-state index in [1.54, 1.807) is 24.1 Å². The molecule has 2 atom stereocenters. The second-order valence-electron chi connectivity index (χ2n) is 4.95. The van der Waals surface area contributed by atoms with Gasteiger partial charge in [0, 0.05) is 18.3 Å². The quantitative estimate of drug-likeness (QED) is 0.921. The number of carboxylic acids is 1. The van der Waals surface area contributed by atoms with Crippen molar-refractivity contribution in [3.05, 3.63) is 29.6 Å². The van der Waals surface area contributed by atoms with Gasteiger partial charge in [-0.1, -0.05) is 6.07 Å². The van der Waals surface area contributed by atoms with Crippen LogP contribution in [0.4, 0.5) is 0 Å². The first kappa shape index (κ1) is 14.8. The van der Waals surface area contributed by atoms with Crippen molar-refractivity contribution in [1.29, 1.82) is 0 Å². The molecular formula is C14H18N2O3S. The number of aromatic nitrogens is 1. The number of rotatable bonds is 4. The molecule has 1 amide bonds. The van der Waals surface area contributed by atoms with Crippen LogP contribution < -0.4 is 0 Å². The molecule has 20 heavy (non-hydrogen) atoms. The Kier molecular flexibility index (Phi) is 4.65. The highest BCUT2D eigenvalue weighted by atomic mass is 32.2. The zero-order valence-corrected chi connectivity index (χ0v) is 12.4. The molecule has 0 radical (unpaired) electrons. The van der Waals surface area contributed by atoms with E-state index in [0.717, 1.165) is 19.3 Å². The van der Waals surface area contributed by atoms with Crippen molar-refractivity contribution in [3.8, 4) is 0 Å². The smallest absolute Gasteiger partial charge is 0.354 e. The Morgan fingerprint density at radius 1 is 1.35 bits per heavy atom. The van der Waals surface area contributed by atoms with E-state index in [2.05, 4.69) is 11.2 Å². The molecule has 6 heteroatoms. The summed E-state index contributed by atoms with van der Waals surface area (Å²) in [5.74, 6) is -1.33. The number of hydrogen-bond donors (Lipinski definition) is 1. The van der Waals surface area contributed by atoms with Gasteiger partial charge in [-0.3, -0.25) is 4.79 Å². The summed E-state index contributed by atoms with van der Waals surface area (Å²) in [7, 11) is 1.77. The van der Waals surface area contributed by atoms with Gasteiger partial charge in [0.05, 0.1) is 0 Å². The average molecular weight is 294 g/mol. The van der Waals surface area contributed by atoms with Crippen LogP contribution in [0.3, 0.4) is 0 Å². The van der Waals surface area contributed by atoms with E-state index in [4.69, 9.17) is 5.11 Å². The number of carboxylic acid groups (broad SMARTS) is 1. The van der Waals surface area contributed by atoms with Gasteiger partial charge in [-0.05, 0) is 37.7 Å². The van der Waals surface area contributed by atoms with E-state index >= 15 is 0 Å². The molecule has 108 valence electrons. The molecule has 1 aliphatic carbocycles. The van der Waals surface area contributed by atoms with Crippen LogP contribution in [-0.2, 0) is 0 Å². The van der Waals surface area contributed by atoms with Crippen LogP contribution in [0.15, 0.2) is 18.2 Å². The van der Waals surface area contributed by atoms with Gasteiger partial charge < -0.3 is 10.0 Å². The molecule has 0 aromatic carbocycles. The third-order valence-corrected chi connectivity index (χ3v) is 4.84. The van der Waals surface area contributed by atoms with Crippen molar-refractivity contribution in [2.75, 3.05) is 13.3 Å². The summed E-state index contributed by atoms with van der Waals surface area (Å²) >= 11 is 1.84. The van der Waals surface area contributed by atoms with E-state index in [9.17, 15) is 9.59 Å². The number of thioether (sulfide) groups is 1. The Hall–Kier alpha value is -1.56. The summed E-state index contributed by atoms with van der Waals surface area (Å²) in [5.41, 5.74) is 0.0951. The van der Waals surface area contributed by atoms with Gasteiger partial charge in [0.1, 0.15) is 11.4 Å². The molecule has 0 bridgehead atoms. The van der Waals surface area contributed by atoms with E-state index in [-0.39, 0.29) is 23.3 Å². The Bertz CT molecular complexity index is 521. The standard InChI is InChI=1S/C14H18N2O3S/c1-16(9-6-7-10(8-9)20-2)13(17)11-4-3-5-12(15-11)14(18)19/h3-5,9-10H,6-8H2,1-2H3,(H,18,19)/t9-,10+/m1/s1. The number of hydrogen-bond acceptors (Lipinski definition) is 4. The summed E-state index contributed by atoms with van der Waals surface area (Å²) in [4.78, 5) is 28.9. The lowest BCUT2D eigenvalue weighted by atomic mass is 10.2. The van der Waals surface area contributed by atoms with Gasteiger partial charge in [0.15, 0.2) is 0 Å². The first-order chi connectivity index (χ1) is 9.52. The molecule has 1 fully saturated rings. The largest absolute Gasteiger partial charge is 0.477 e. The lowest BCUT2D eigenvalue weighted by Crippen LogP contribution is -2.36. The lowest BCUT2D eigenvalue weighted by molar-refractivity contribution is 0.0689. The summed E-state index contributed by atoms with van der Waals surface area (Å²) in [6.07, 6.45) is 5.19. The van der Waals surface area contributed by atoms with Gasteiger partial charge >= 0.3 is 5.97 Å². The Balaban J connectivity index is 2.11. The molecule has 0 spiro atoms. The fourth-order valence-electron chi connectivity index (χ4n) is 2.50. The minimum Gasteiger partial charge on any atom is -0.477 e. The van der Waals surface area contributed by atoms with Gasteiger partial charge in [0.2, 0.25) is 0 Å². The maximum absolute atomic E-state index is 12.4. The second kappa shape index (κ2) is 6.26. The van der Waals surface area contributed by atoms with Crippen LogP contribution in [0.25, 0.3) is 0 Å². The van der Waals surface area contributed by atoms with Crippen molar-refractivity contribution in [3.63, 3.8) is 0 Å². The van der Waals surface area contributed by atoms with E-state index in [1.165, 1.54) is 6.07 Å². The second-order valence-corrected chi connectivity index (χ2v) is 6.09. The molecule has 1 aliphatic rings. The van der Waals surface area contributed by atoms with Crippen LogP contribution in [-0.4, -0.2) is 51.5 Å². The van der Waals surface area contributed by atoms with Crippen molar-refractivity contribution in [1.82, 2.24) is 9.88 Å². The molecule has 5 nitrogen and oxygen atoms in total. The third kappa shape index (κ3) is 3.12. The molecule has 0 saturated heterocycles. The summed E-state index contributed by atoms with van der Waals surface area (Å²) in [5, 5.41) is 9.52. The lowest BCUT2D eigenvalue weighted by Gasteiger charge is -2.24. The van der Waals surface area contributed by atoms with E-state index in [0.29, 0.717) is 5.25 Å². The van der Waals surface area contributed by atoms with Gasteiger partial charge in [0.25, 0.3) is 5.91 Å². The highest BCUT2D eigenvalue weighted by Gasteiger charge is 2.30. The average Bonchev–Trinajstić information content (AvgIpc) is 2.94. The Labute approximate surface area is 122 Å². The number of carbonyl (C=O) groups excluding carboxylic acids is 1. The topological polar surface area (TPSA) is 70.5 Å². The van der Waals surface area contributed by atoms with Crippen molar-refractivity contribution < 1.29 is 14.7 Å². The van der Waals surface area contributed by atoms with Crippen LogP contribution >= 0.6 is 11.8 Å². The van der Waals surface area contributed by atoms with Crippen LogP contribution in [0, 0.1) is 0 Å². The number of nitrogens with zero attached hydrogens (tertiary/aromatic N) is 2. The zero-order valence-electron chi connectivity index (χ0n) is 11.6. The van der Waals surface area contributed by atoms with Crippen LogP contribution in [0.1, 0.15) is 40.2 Å². The SMILES string of the molecule is CS[C@H]1CC[C@@H](N(C)C(=O)c2cccc(C(=O)O)n2)C1. The number of aromatic carboxylic acids is 1. The van der Waals surface area contributed by atoms with Gasteiger partial charge in [-0.25, -0.2) is 9.78 Å². The van der Waals surface area contributed by atoms with Crippen molar-refractivity contribution in [2.24, 2.45) is 0 Å². The maximum Gasteiger partial charge on any atom is 0.354 e. The molecule has 1 saturated carbocycles. The van der Waals surface area contributed by atoms with Gasteiger partial charge in [-0.15, -0.1) is 0 Å². The fourth-order valence-corrected chi connectivity index (χ4v) is 3.29. The molecule has 0 aliphatic heterocycles. The molecule has 1 heterocycles. The number of pyridine rings is 1. The van der Waals surface area contributed by atoms with Crippen molar-refractivity contribution >= 4 is 23.6 Å². The highest BCUT2D eigenvalue weighted by Crippen LogP contribution is 2.31. The molecular weight excluding hydrogens is 276 g/mol. The predicted octanol–water partition coefficient (Wildman–Crippen LogP) is 2.14. The first-order valence-electron chi connectivity index (χ1n) is 6.53. The fraction of sp³-hybridized carbons (Fsp3) is 0.500. The molecule has 1 N–H and O–H groups in total. The molecule has 1 aromatic heterocycles. The minimum absolute atomic E-state index is 0.0994. The molecule has 2 rings (SSSR count). The highest BCUT2D eigenvalue weighted by molar-refractivity contribution is 7.99. The normalized spacial score (nSPS) is 21.7. The third-order valence-electron chi connectivity index (χ3n) is 3.75.